The molecule has 7 nitrogen and oxygen atoms in total. The molecule has 0 aromatic heterocycles. The molecule has 3 atom stereocenters. The molecular weight excluding hydrogens is 391 g/mol. The lowest BCUT2D eigenvalue weighted by Gasteiger charge is -2.52. The Morgan fingerprint density at radius 2 is 2.09 bits per heavy atom. The maximum absolute atomic E-state index is 12.5. The normalized spacial score (nSPS) is 30.3. The third-order valence-electron chi connectivity index (χ3n) is 3.54. The van der Waals surface area contributed by atoms with Gasteiger partial charge in [0.15, 0.2) is 0 Å². The highest BCUT2D eigenvalue weighted by Crippen LogP contribution is 2.42. The summed E-state index contributed by atoms with van der Waals surface area (Å²) in [7, 11) is 0. The Kier molecular flexibility index (Phi) is 5.62. The van der Waals surface area contributed by atoms with E-state index in [9.17, 15) is 14.4 Å². The minimum Gasteiger partial charge on any atom is -0.465 e. The number of halogens is 3. The molecule has 0 bridgehead atoms. The maximum atomic E-state index is 12.5. The number of rotatable bonds is 4. The van der Waals surface area contributed by atoms with Crippen molar-refractivity contribution < 1.29 is 23.9 Å². The minimum atomic E-state index is -1.75. The molecule has 0 spiro atoms. The number of thioether (sulfide) groups is 1. The Hall–Kier alpha value is -0.410. The molecule has 11 heteroatoms. The number of carbonyl (C=O) groups excluding carboxylic acids is 3. The SMILES string of the molecule is CC(=O)OCC1(C(=O)OCC(Cl)(Cl)Cl)CS[C@@H]2C(N)C(=O)N2C1. The predicted octanol–water partition coefficient (Wildman–Crippen LogP) is 0.692. The van der Waals surface area contributed by atoms with Crippen LogP contribution in [0.3, 0.4) is 0 Å². The van der Waals surface area contributed by atoms with E-state index in [0.29, 0.717) is 0 Å². The lowest BCUT2D eigenvalue weighted by Crippen LogP contribution is -2.72. The Bertz CT molecular complexity index is 529. The van der Waals surface area contributed by atoms with Gasteiger partial charge in [-0.3, -0.25) is 14.4 Å². The zero-order chi connectivity index (χ0) is 17.4. The molecule has 0 radical (unpaired) electrons. The summed E-state index contributed by atoms with van der Waals surface area (Å²) in [6.07, 6.45) is 0. The van der Waals surface area contributed by atoms with Gasteiger partial charge in [0.1, 0.15) is 30.0 Å². The second kappa shape index (κ2) is 6.84. The van der Waals surface area contributed by atoms with Crippen LogP contribution in [0.1, 0.15) is 6.92 Å². The molecule has 2 unspecified atom stereocenters. The number of nitrogens with two attached hydrogens (primary N) is 1. The van der Waals surface area contributed by atoms with Crippen LogP contribution in [-0.4, -0.2) is 63.5 Å². The highest BCUT2D eigenvalue weighted by molar-refractivity contribution is 8.00. The van der Waals surface area contributed by atoms with Gasteiger partial charge < -0.3 is 20.1 Å². The number of alkyl halides is 3. The Morgan fingerprint density at radius 1 is 1.43 bits per heavy atom. The molecule has 2 saturated heterocycles. The molecule has 23 heavy (non-hydrogen) atoms. The summed E-state index contributed by atoms with van der Waals surface area (Å²) in [6.45, 7) is 0.604. The van der Waals surface area contributed by atoms with Gasteiger partial charge in [-0.25, -0.2) is 0 Å². The van der Waals surface area contributed by atoms with Gasteiger partial charge in [-0.1, -0.05) is 34.8 Å². The summed E-state index contributed by atoms with van der Waals surface area (Å²) in [4.78, 5) is 36.9. The minimum absolute atomic E-state index is 0.0448. The van der Waals surface area contributed by atoms with E-state index in [4.69, 9.17) is 50.0 Å². The number of esters is 2. The summed E-state index contributed by atoms with van der Waals surface area (Å²) < 4.78 is 8.28. The van der Waals surface area contributed by atoms with Crippen LogP contribution in [0.4, 0.5) is 0 Å². The summed E-state index contributed by atoms with van der Waals surface area (Å²) in [5.74, 6) is -1.22. The van der Waals surface area contributed by atoms with Crippen LogP contribution < -0.4 is 5.73 Å². The van der Waals surface area contributed by atoms with Gasteiger partial charge in [0.2, 0.25) is 9.70 Å². The molecule has 2 N–H and O–H groups in total. The fourth-order valence-electron chi connectivity index (χ4n) is 2.34. The average Bonchev–Trinajstić information content (AvgIpc) is 2.48. The quantitative estimate of drug-likeness (QED) is 0.417. The van der Waals surface area contributed by atoms with Gasteiger partial charge >= 0.3 is 11.9 Å². The summed E-state index contributed by atoms with van der Waals surface area (Å²) in [5.41, 5.74) is 4.50. The molecule has 2 rings (SSSR count). The smallest absolute Gasteiger partial charge is 0.318 e. The van der Waals surface area contributed by atoms with E-state index >= 15 is 0 Å². The summed E-state index contributed by atoms with van der Waals surface area (Å²) >= 11 is 18.1. The average molecular weight is 406 g/mol. The molecule has 0 saturated carbocycles. The predicted molar refractivity (Wildman–Crippen MR) is 86.2 cm³/mol. The third-order valence-corrected chi connectivity index (χ3v) is 5.47. The van der Waals surface area contributed by atoms with Crippen LogP contribution in [0, 0.1) is 5.41 Å². The molecule has 2 aliphatic heterocycles. The van der Waals surface area contributed by atoms with Crippen molar-refractivity contribution in [3.8, 4) is 0 Å². The highest BCUT2D eigenvalue weighted by atomic mass is 35.6. The number of β-lactam (4-membered cyclic amide) rings is 1. The van der Waals surface area contributed by atoms with Gasteiger partial charge in [-0.15, -0.1) is 11.8 Å². The van der Waals surface area contributed by atoms with Crippen LogP contribution >= 0.6 is 46.6 Å². The Balaban J connectivity index is 2.11. The van der Waals surface area contributed by atoms with Crippen molar-refractivity contribution in [2.45, 2.75) is 22.1 Å². The van der Waals surface area contributed by atoms with Crippen molar-refractivity contribution in [3.05, 3.63) is 0 Å². The number of amides is 1. The highest BCUT2D eigenvalue weighted by Gasteiger charge is 2.57. The van der Waals surface area contributed by atoms with Crippen LogP contribution in [0.15, 0.2) is 0 Å². The first-order valence-electron chi connectivity index (χ1n) is 6.61. The van der Waals surface area contributed by atoms with Crippen molar-refractivity contribution in [1.29, 1.82) is 0 Å². The van der Waals surface area contributed by atoms with Gasteiger partial charge in [-0.05, 0) is 0 Å². The molecular formula is C12H15Cl3N2O5S. The fourth-order valence-corrected chi connectivity index (χ4v) is 3.97. The van der Waals surface area contributed by atoms with Crippen molar-refractivity contribution in [1.82, 2.24) is 4.90 Å². The van der Waals surface area contributed by atoms with Crippen molar-refractivity contribution in [2.24, 2.45) is 11.1 Å². The number of hydrogen-bond donors (Lipinski definition) is 1. The third kappa shape index (κ3) is 4.17. The van der Waals surface area contributed by atoms with Crippen LogP contribution in [0.5, 0.6) is 0 Å². The van der Waals surface area contributed by atoms with E-state index < -0.39 is 33.8 Å². The maximum Gasteiger partial charge on any atom is 0.318 e. The fraction of sp³-hybridized carbons (Fsp3) is 0.750. The topological polar surface area (TPSA) is 98.9 Å². The summed E-state index contributed by atoms with van der Waals surface area (Å²) in [6, 6.07) is -0.580. The zero-order valence-corrected chi connectivity index (χ0v) is 15.2. The van der Waals surface area contributed by atoms with Crippen LogP contribution in [0.2, 0.25) is 0 Å². The standard InChI is InChI=1S/C12H15Cl3N2O5S/c1-6(18)21-3-11(10(20)22-4-12(13,14)15)2-17-8(19)7(16)9(17)23-5-11/h7,9H,2-5,16H2,1H3/t7?,9-,11?/m1/s1. The summed E-state index contributed by atoms with van der Waals surface area (Å²) in [5, 5.41) is -0.186. The molecule has 130 valence electrons. The number of carbonyl (C=O) groups is 3. The van der Waals surface area contributed by atoms with Crippen molar-refractivity contribution in [2.75, 3.05) is 25.5 Å². The second-order valence-corrected chi connectivity index (χ2v) is 9.07. The second-order valence-electron chi connectivity index (χ2n) is 5.45. The van der Waals surface area contributed by atoms with Crippen molar-refractivity contribution >= 4 is 64.4 Å². The first kappa shape index (κ1) is 18.9. The first-order chi connectivity index (χ1) is 10.6. The lowest BCUT2D eigenvalue weighted by molar-refractivity contribution is -0.167. The van der Waals surface area contributed by atoms with E-state index in [1.165, 1.54) is 23.6 Å². The monoisotopic (exact) mass is 404 g/mol. The molecule has 0 aromatic rings. The van der Waals surface area contributed by atoms with Crippen LogP contribution in [0.25, 0.3) is 0 Å². The van der Waals surface area contributed by atoms with E-state index in [0.717, 1.165) is 0 Å². The number of nitrogens with zero attached hydrogens (tertiary/aromatic N) is 1. The zero-order valence-electron chi connectivity index (χ0n) is 12.1. The van der Waals surface area contributed by atoms with Gasteiger partial charge in [-0.2, -0.15) is 0 Å². The van der Waals surface area contributed by atoms with E-state index in [-0.39, 0.29) is 30.2 Å². The van der Waals surface area contributed by atoms with Gasteiger partial charge in [0.25, 0.3) is 0 Å². The number of fused-ring (bicyclic) bond motifs is 1. The molecule has 2 fully saturated rings. The first-order valence-corrected chi connectivity index (χ1v) is 8.79. The molecule has 2 heterocycles. The van der Waals surface area contributed by atoms with Crippen molar-refractivity contribution in [3.63, 3.8) is 0 Å². The Labute approximate surface area is 152 Å². The largest absolute Gasteiger partial charge is 0.465 e. The molecule has 0 aromatic carbocycles. The number of ether oxygens (including phenoxy) is 2. The molecule has 1 amide bonds. The molecule has 2 aliphatic rings. The van der Waals surface area contributed by atoms with E-state index in [2.05, 4.69) is 0 Å². The number of hydrogen-bond acceptors (Lipinski definition) is 7. The van der Waals surface area contributed by atoms with E-state index in [1.807, 2.05) is 0 Å². The molecule has 0 aliphatic carbocycles. The van der Waals surface area contributed by atoms with Gasteiger partial charge in [0.05, 0.1) is 0 Å². The lowest BCUT2D eigenvalue weighted by atomic mass is 9.88. The van der Waals surface area contributed by atoms with Gasteiger partial charge in [0, 0.05) is 19.2 Å². The van der Waals surface area contributed by atoms with Crippen LogP contribution in [-0.2, 0) is 23.9 Å². The van der Waals surface area contributed by atoms with E-state index in [1.54, 1.807) is 0 Å². The Morgan fingerprint density at radius 3 is 2.65 bits per heavy atom.